The van der Waals surface area contributed by atoms with Crippen molar-refractivity contribution in [1.29, 1.82) is 5.26 Å². The average Bonchev–Trinajstić information content (AvgIpc) is 2.00. The van der Waals surface area contributed by atoms with E-state index in [-0.39, 0.29) is 17.4 Å². The summed E-state index contributed by atoms with van der Waals surface area (Å²) in [5, 5.41) is 8.23. The molecule has 0 aliphatic heterocycles. The van der Waals surface area contributed by atoms with E-state index >= 15 is 0 Å². The van der Waals surface area contributed by atoms with Crippen LogP contribution in [0, 0.1) is 11.3 Å². The summed E-state index contributed by atoms with van der Waals surface area (Å²) in [4.78, 5) is 0. The van der Waals surface area contributed by atoms with Crippen LogP contribution in [-0.4, -0.2) is 19.4 Å². The molecule has 76 valence electrons. The first-order valence-corrected chi connectivity index (χ1v) is 7.34. The number of rotatable bonds is 6. The van der Waals surface area contributed by atoms with Gasteiger partial charge in [0, 0.05) is 11.7 Å². The first-order chi connectivity index (χ1) is 6.02. The predicted octanol–water partition coefficient (Wildman–Crippen LogP) is 2.15. The van der Waals surface area contributed by atoms with Crippen molar-refractivity contribution in [3.8, 4) is 6.07 Å². The van der Waals surface area contributed by atoms with Crippen molar-refractivity contribution >= 4 is 19.7 Å². The zero-order valence-corrected chi connectivity index (χ0v) is 9.62. The van der Waals surface area contributed by atoms with Crippen molar-refractivity contribution < 1.29 is 8.42 Å². The molecule has 0 heterocycles. The molecular weight excluding hydrogens is 206 g/mol. The lowest BCUT2D eigenvalue weighted by Crippen LogP contribution is -2.06. The molecule has 5 heteroatoms. The Bertz CT molecular complexity index is 266. The molecule has 1 atom stereocenters. The Morgan fingerprint density at radius 2 is 2.15 bits per heavy atom. The van der Waals surface area contributed by atoms with Crippen LogP contribution in [-0.2, 0) is 8.87 Å². The maximum absolute atomic E-state index is 11.3. The molecule has 0 rings (SSSR count). The molecule has 0 aliphatic rings. The summed E-state index contributed by atoms with van der Waals surface area (Å²) in [6.07, 6.45) is 1.87. The Hall–Kier alpha value is -0.210. The average molecular weight is 221 g/mol. The minimum atomic E-state index is -3.00. The molecule has 0 aromatic heterocycles. The number of hydrogen-bond donors (Lipinski definition) is 0. The number of hydrogen-bond acceptors (Lipinski definition) is 4. The van der Waals surface area contributed by atoms with Crippen LogP contribution in [0.5, 0.6) is 0 Å². The van der Waals surface area contributed by atoms with Gasteiger partial charge in [-0.05, 0) is 17.2 Å². The fourth-order valence-corrected chi connectivity index (χ4v) is 4.51. The molecule has 1 unspecified atom stereocenters. The van der Waals surface area contributed by atoms with Crippen molar-refractivity contribution in [3.05, 3.63) is 0 Å². The van der Waals surface area contributed by atoms with Gasteiger partial charge in [-0.15, -0.1) is 0 Å². The van der Waals surface area contributed by atoms with Crippen LogP contribution in [0.15, 0.2) is 0 Å². The van der Waals surface area contributed by atoms with Gasteiger partial charge >= 0.3 is 0 Å². The lowest BCUT2D eigenvalue weighted by molar-refractivity contribution is 0.607. The van der Waals surface area contributed by atoms with Crippen molar-refractivity contribution in [3.63, 3.8) is 0 Å². The molecule has 13 heavy (non-hydrogen) atoms. The highest BCUT2D eigenvalue weighted by molar-refractivity contribution is 8.72. The largest absolute Gasteiger partial charge is 0.217 e. The summed E-state index contributed by atoms with van der Waals surface area (Å²) < 4.78 is 22.7. The smallest absolute Gasteiger partial charge is 0.201 e. The topological polar surface area (TPSA) is 57.9 Å². The lowest BCUT2D eigenvalue weighted by Gasteiger charge is -2.06. The van der Waals surface area contributed by atoms with Gasteiger partial charge in [-0.25, -0.2) is 8.42 Å². The fraction of sp³-hybridized carbons (Fsp3) is 0.875. The van der Waals surface area contributed by atoms with Gasteiger partial charge in [-0.1, -0.05) is 20.3 Å². The highest BCUT2D eigenvalue weighted by atomic mass is 33.1. The quantitative estimate of drug-likeness (QED) is 0.645. The normalized spacial score (nSPS) is 13.6. The van der Waals surface area contributed by atoms with E-state index < -0.39 is 8.87 Å². The molecule has 0 saturated carbocycles. The zero-order chi connectivity index (χ0) is 10.3. The van der Waals surface area contributed by atoms with Gasteiger partial charge in [0.15, 0.2) is 0 Å². The summed E-state index contributed by atoms with van der Waals surface area (Å²) in [6, 6.07) is 1.96. The summed E-state index contributed by atoms with van der Waals surface area (Å²) in [6.45, 7) is 3.72. The monoisotopic (exact) mass is 221 g/mol. The summed E-state index contributed by atoms with van der Waals surface area (Å²) in [7, 11) is -2.08. The van der Waals surface area contributed by atoms with E-state index in [0.717, 1.165) is 17.2 Å². The van der Waals surface area contributed by atoms with E-state index in [2.05, 4.69) is 0 Å². The summed E-state index contributed by atoms with van der Waals surface area (Å²) >= 11 is 0. The van der Waals surface area contributed by atoms with E-state index in [0.29, 0.717) is 6.42 Å². The zero-order valence-electron chi connectivity index (χ0n) is 7.99. The molecule has 0 aromatic carbocycles. The van der Waals surface area contributed by atoms with Gasteiger partial charge in [-0.2, -0.15) is 5.26 Å². The van der Waals surface area contributed by atoms with Crippen LogP contribution in [0.25, 0.3) is 0 Å². The van der Waals surface area contributed by atoms with Crippen molar-refractivity contribution in [1.82, 2.24) is 0 Å². The van der Waals surface area contributed by atoms with Gasteiger partial charge in [0.05, 0.1) is 11.8 Å². The molecule has 0 spiro atoms. The molecule has 0 radical (unpaired) electrons. The second-order valence-corrected chi connectivity index (χ2v) is 7.51. The Labute approximate surface area is 83.8 Å². The van der Waals surface area contributed by atoms with Crippen LogP contribution in [0.1, 0.15) is 33.1 Å². The van der Waals surface area contributed by atoms with Crippen LogP contribution >= 0.6 is 10.8 Å². The fourth-order valence-electron chi connectivity index (χ4n) is 0.782. The Morgan fingerprint density at radius 3 is 2.62 bits per heavy atom. The second kappa shape index (κ2) is 6.28. The molecule has 0 bridgehead atoms. The SMILES string of the molecule is CCCCS(=O)(=O)SC(C)CC#N. The van der Waals surface area contributed by atoms with Crippen molar-refractivity contribution in [2.75, 3.05) is 5.75 Å². The first kappa shape index (κ1) is 12.8. The van der Waals surface area contributed by atoms with E-state index in [4.69, 9.17) is 5.26 Å². The maximum atomic E-state index is 11.3. The van der Waals surface area contributed by atoms with Crippen LogP contribution in [0.3, 0.4) is 0 Å². The minimum absolute atomic E-state index is 0.119. The number of unbranched alkanes of at least 4 members (excludes halogenated alkanes) is 1. The van der Waals surface area contributed by atoms with Crippen LogP contribution in [0.4, 0.5) is 0 Å². The van der Waals surface area contributed by atoms with Gasteiger partial charge in [0.2, 0.25) is 8.87 Å². The van der Waals surface area contributed by atoms with E-state index in [9.17, 15) is 8.42 Å². The molecule has 0 aliphatic carbocycles. The third kappa shape index (κ3) is 6.91. The summed E-state index contributed by atoms with van der Waals surface area (Å²) in [5.74, 6) is 0.226. The molecule has 0 aromatic rings. The third-order valence-corrected chi connectivity index (χ3v) is 5.38. The van der Waals surface area contributed by atoms with Crippen molar-refractivity contribution in [2.45, 2.75) is 38.4 Å². The second-order valence-electron chi connectivity index (χ2n) is 2.88. The van der Waals surface area contributed by atoms with E-state index in [1.54, 1.807) is 6.92 Å². The van der Waals surface area contributed by atoms with Gasteiger partial charge < -0.3 is 0 Å². The highest BCUT2D eigenvalue weighted by Gasteiger charge is 2.15. The molecule has 0 fully saturated rings. The Balaban J connectivity index is 3.96. The van der Waals surface area contributed by atoms with E-state index in [1.807, 2.05) is 13.0 Å². The molecule has 0 N–H and O–H groups in total. The van der Waals surface area contributed by atoms with Gasteiger partial charge in [0.25, 0.3) is 0 Å². The Kier molecular flexibility index (Phi) is 6.17. The van der Waals surface area contributed by atoms with Gasteiger partial charge in [0.1, 0.15) is 0 Å². The Morgan fingerprint density at radius 1 is 1.54 bits per heavy atom. The van der Waals surface area contributed by atoms with Gasteiger partial charge in [-0.3, -0.25) is 0 Å². The van der Waals surface area contributed by atoms with Crippen LogP contribution < -0.4 is 0 Å². The maximum Gasteiger partial charge on any atom is 0.201 e. The van der Waals surface area contributed by atoms with E-state index in [1.165, 1.54) is 0 Å². The third-order valence-electron chi connectivity index (χ3n) is 1.44. The molecule has 3 nitrogen and oxygen atoms in total. The first-order valence-electron chi connectivity index (χ1n) is 4.29. The predicted molar refractivity (Wildman–Crippen MR) is 56.0 cm³/mol. The number of nitriles is 1. The van der Waals surface area contributed by atoms with Crippen LogP contribution in [0.2, 0.25) is 0 Å². The lowest BCUT2D eigenvalue weighted by atomic mass is 10.4. The summed E-state index contributed by atoms with van der Waals surface area (Å²) in [5.41, 5.74) is 0. The number of nitrogens with zero attached hydrogens (tertiary/aromatic N) is 1. The minimum Gasteiger partial charge on any atom is -0.217 e. The molecular formula is C8H15NO2S2. The standard InChI is InChI=1S/C8H15NO2S2/c1-3-4-7-13(10,11)12-8(2)5-6-9/h8H,3-5,7H2,1-2H3. The van der Waals surface area contributed by atoms with Crippen molar-refractivity contribution in [2.24, 2.45) is 0 Å². The molecule has 0 amide bonds. The highest BCUT2D eigenvalue weighted by Crippen LogP contribution is 2.22. The molecule has 0 saturated heterocycles.